The summed E-state index contributed by atoms with van der Waals surface area (Å²) < 4.78 is 0. The van der Waals surface area contributed by atoms with E-state index in [2.05, 4.69) is 15.5 Å². The molecule has 3 rings (SSSR count). The van der Waals surface area contributed by atoms with Gasteiger partial charge >= 0.3 is 6.03 Å². The fourth-order valence-electron chi connectivity index (χ4n) is 3.55. The summed E-state index contributed by atoms with van der Waals surface area (Å²) in [7, 11) is 0. The molecule has 0 aromatic heterocycles. The van der Waals surface area contributed by atoms with Crippen molar-refractivity contribution in [2.24, 2.45) is 0 Å². The minimum Gasteiger partial charge on any atom is -0.369 e. The molecule has 0 unspecified atom stereocenters. The number of anilines is 2. The summed E-state index contributed by atoms with van der Waals surface area (Å²) in [5, 5.41) is 5.13. The molecule has 0 spiro atoms. The lowest BCUT2D eigenvalue weighted by Gasteiger charge is -2.35. The largest absolute Gasteiger partial charge is 0.369 e. The Morgan fingerprint density at radius 1 is 0.933 bits per heavy atom. The molecule has 7 heteroatoms. The molecule has 2 aromatic carbocycles. The molecule has 0 bridgehead atoms. The number of piperazine rings is 1. The SMILES string of the molecule is CC(=O)c1ccc(N2CCN(CC(=O)NC(=O)Nc3ccc(C)cc3C)CC2)cc1. The zero-order chi connectivity index (χ0) is 21.7. The number of carbonyl (C=O) groups excluding carboxylic acids is 3. The monoisotopic (exact) mass is 408 g/mol. The van der Waals surface area contributed by atoms with E-state index in [0.717, 1.165) is 43.0 Å². The molecule has 1 aliphatic rings. The van der Waals surface area contributed by atoms with E-state index < -0.39 is 6.03 Å². The average Bonchev–Trinajstić information content (AvgIpc) is 2.70. The van der Waals surface area contributed by atoms with E-state index in [1.54, 1.807) is 6.92 Å². The first-order valence-electron chi connectivity index (χ1n) is 10.1. The quantitative estimate of drug-likeness (QED) is 0.744. The van der Waals surface area contributed by atoms with Crippen LogP contribution < -0.4 is 15.5 Å². The molecule has 0 aliphatic carbocycles. The summed E-state index contributed by atoms with van der Waals surface area (Å²) >= 11 is 0. The van der Waals surface area contributed by atoms with Gasteiger partial charge in [0.25, 0.3) is 0 Å². The maximum absolute atomic E-state index is 12.2. The van der Waals surface area contributed by atoms with Crippen LogP contribution in [0.1, 0.15) is 28.4 Å². The van der Waals surface area contributed by atoms with Crippen molar-refractivity contribution in [2.75, 3.05) is 42.9 Å². The summed E-state index contributed by atoms with van der Waals surface area (Å²) in [5.74, 6) is -0.268. The van der Waals surface area contributed by atoms with Crippen LogP contribution in [0.3, 0.4) is 0 Å². The number of nitrogens with one attached hydrogen (secondary N) is 2. The van der Waals surface area contributed by atoms with Gasteiger partial charge in [-0.1, -0.05) is 17.7 Å². The van der Waals surface area contributed by atoms with Crippen LogP contribution in [-0.4, -0.2) is 55.3 Å². The third-order valence-corrected chi connectivity index (χ3v) is 5.26. The molecule has 0 atom stereocenters. The lowest BCUT2D eigenvalue weighted by atomic mass is 10.1. The molecule has 7 nitrogen and oxygen atoms in total. The highest BCUT2D eigenvalue weighted by Crippen LogP contribution is 2.18. The van der Waals surface area contributed by atoms with Gasteiger partial charge in [0.05, 0.1) is 6.54 Å². The number of rotatable bonds is 5. The predicted octanol–water partition coefficient (Wildman–Crippen LogP) is 2.98. The first-order chi connectivity index (χ1) is 14.3. The fourth-order valence-corrected chi connectivity index (χ4v) is 3.55. The van der Waals surface area contributed by atoms with E-state index in [9.17, 15) is 14.4 Å². The van der Waals surface area contributed by atoms with Crippen LogP contribution in [-0.2, 0) is 4.79 Å². The molecule has 1 heterocycles. The van der Waals surface area contributed by atoms with Gasteiger partial charge in [-0.3, -0.25) is 19.8 Å². The van der Waals surface area contributed by atoms with Crippen LogP contribution in [0.5, 0.6) is 0 Å². The smallest absolute Gasteiger partial charge is 0.325 e. The number of hydrogen-bond acceptors (Lipinski definition) is 5. The highest BCUT2D eigenvalue weighted by Gasteiger charge is 2.20. The van der Waals surface area contributed by atoms with Crippen molar-refractivity contribution in [1.82, 2.24) is 10.2 Å². The Bertz CT molecular complexity index is 932. The van der Waals surface area contributed by atoms with Gasteiger partial charge < -0.3 is 10.2 Å². The third-order valence-electron chi connectivity index (χ3n) is 5.26. The Kier molecular flexibility index (Phi) is 6.84. The molecular weight excluding hydrogens is 380 g/mol. The van der Waals surface area contributed by atoms with E-state index in [-0.39, 0.29) is 18.2 Å². The second-order valence-electron chi connectivity index (χ2n) is 7.69. The standard InChI is InChI=1S/C23H28N4O3/c1-16-4-9-21(17(2)14-16)24-23(30)25-22(29)15-26-10-12-27(13-11-26)20-7-5-19(6-8-20)18(3)28/h4-9,14H,10-13,15H2,1-3H3,(H2,24,25,29,30). The van der Waals surface area contributed by atoms with Crippen LogP contribution >= 0.6 is 0 Å². The topological polar surface area (TPSA) is 81.8 Å². The Morgan fingerprint density at radius 3 is 2.20 bits per heavy atom. The van der Waals surface area contributed by atoms with Gasteiger partial charge in [-0.25, -0.2) is 4.79 Å². The third kappa shape index (κ3) is 5.67. The summed E-state index contributed by atoms with van der Waals surface area (Å²) in [5.41, 5.74) is 4.52. The molecule has 3 amide bonds. The average molecular weight is 409 g/mol. The number of hydrogen-bond donors (Lipinski definition) is 2. The van der Waals surface area contributed by atoms with Gasteiger partial charge in [0, 0.05) is 43.1 Å². The van der Waals surface area contributed by atoms with E-state index in [1.807, 2.05) is 61.2 Å². The maximum atomic E-state index is 12.2. The van der Waals surface area contributed by atoms with Gasteiger partial charge in [-0.05, 0) is 56.7 Å². The van der Waals surface area contributed by atoms with Gasteiger partial charge in [-0.15, -0.1) is 0 Å². The Morgan fingerprint density at radius 2 is 1.60 bits per heavy atom. The number of aryl methyl sites for hydroxylation is 2. The van der Waals surface area contributed by atoms with Gasteiger partial charge in [-0.2, -0.15) is 0 Å². The molecule has 0 saturated carbocycles. The molecule has 2 aromatic rings. The van der Waals surface area contributed by atoms with Crippen LogP contribution in [0.25, 0.3) is 0 Å². The van der Waals surface area contributed by atoms with E-state index in [4.69, 9.17) is 0 Å². The van der Waals surface area contributed by atoms with Crippen molar-refractivity contribution in [1.29, 1.82) is 0 Å². The van der Waals surface area contributed by atoms with Gasteiger partial charge in [0.15, 0.2) is 5.78 Å². The summed E-state index contributed by atoms with van der Waals surface area (Å²) in [6.07, 6.45) is 0. The lowest BCUT2D eigenvalue weighted by Crippen LogP contribution is -2.50. The molecule has 2 N–H and O–H groups in total. The Balaban J connectivity index is 1.44. The minimum atomic E-state index is -0.517. The zero-order valence-corrected chi connectivity index (χ0v) is 17.7. The fraction of sp³-hybridized carbons (Fsp3) is 0.348. The van der Waals surface area contributed by atoms with Crippen molar-refractivity contribution < 1.29 is 14.4 Å². The van der Waals surface area contributed by atoms with Crippen LogP contribution in [0.15, 0.2) is 42.5 Å². The van der Waals surface area contributed by atoms with Crippen molar-refractivity contribution in [3.63, 3.8) is 0 Å². The number of ketones is 1. The first-order valence-corrected chi connectivity index (χ1v) is 10.1. The van der Waals surface area contributed by atoms with E-state index in [0.29, 0.717) is 11.3 Å². The number of imide groups is 1. The van der Waals surface area contributed by atoms with Crippen molar-refractivity contribution in [2.45, 2.75) is 20.8 Å². The highest BCUT2D eigenvalue weighted by molar-refractivity contribution is 6.02. The first kappa shape index (κ1) is 21.5. The number of amides is 3. The molecule has 1 fully saturated rings. The molecular formula is C23H28N4O3. The van der Waals surface area contributed by atoms with E-state index in [1.165, 1.54) is 0 Å². The molecule has 30 heavy (non-hydrogen) atoms. The number of Topliss-reactive ketones (excluding diaryl/α,β-unsaturated/α-hetero) is 1. The van der Waals surface area contributed by atoms with Crippen LogP contribution in [0.4, 0.5) is 16.2 Å². The summed E-state index contributed by atoms with van der Waals surface area (Å²) in [6, 6.07) is 12.8. The summed E-state index contributed by atoms with van der Waals surface area (Å²) in [6.45, 7) is 8.64. The van der Waals surface area contributed by atoms with Crippen LogP contribution in [0, 0.1) is 13.8 Å². The normalized spacial score (nSPS) is 14.3. The second kappa shape index (κ2) is 9.54. The minimum absolute atomic E-state index is 0.0546. The number of nitrogens with zero attached hydrogens (tertiary/aromatic N) is 2. The Labute approximate surface area is 177 Å². The lowest BCUT2D eigenvalue weighted by molar-refractivity contribution is -0.121. The number of urea groups is 1. The van der Waals surface area contributed by atoms with Crippen LogP contribution in [0.2, 0.25) is 0 Å². The molecule has 158 valence electrons. The molecule has 1 saturated heterocycles. The van der Waals surface area contributed by atoms with Crippen molar-refractivity contribution in [3.8, 4) is 0 Å². The molecule has 1 aliphatic heterocycles. The van der Waals surface area contributed by atoms with Gasteiger partial charge in [0.1, 0.15) is 0 Å². The van der Waals surface area contributed by atoms with Gasteiger partial charge in [0.2, 0.25) is 5.91 Å². The molecule has 0 radical (unpaired) electrons. The Hall–Kier alpha value is -3.19. The number of carbonyl (C=O) groups is 3. The highest BCUT2D eigenvalue weighted by atomic mass is 16.2. The predicted molar refractivity (Wildman–Crippen MR) is 118 cm³/mol. The zero-order valence-electron chi connectivity index (χ0n) is 17.7. The van der Waals surface area contributed by atoms with E-state index >= 15 is 0 Å². The maximum Gasteiger partial charge on any atom is 0.325 e. The van der Waals surface area contributed by atoms with Crippen molar-refractivity contribution in [3.05, 3.63) is 59.2 Å². The number of benzene rings is 2. The second-order valence-corrected chi connectivity index (χ2v) is 7.69. The van der Waals surface area contributed by atoms with Crippen molar-refractivity contribution >= 4 is 29.1 Å². The summed E-state index contributed by atoms with van der Waals surface area (Å²) in [4.78, 5) is 40.0.